The van der Waals surface area contributed by atoms with Gasteiger partial charge in [0.2, 0.25) is 0 Å². The number of nitrogens with one attached hydrogen (secondary N) is 1. The second-order valence-corrected chi connectivity index (χ2v) is 5.53. The van der Waals surface area contributed by atoms with E-state index in [0.717, 1.165) is 50.3 Å². The molecule has 0 aromatic heterocycles. The molecule has 0 unspecified atom stereocenters. The molecule has 0 bridgehead atoms. The molecule has 1 aromatic carbocycles. The van der Waals surface area contributed by atoms with Crippen molar-refractivity contribution in [3.05, 3.63) is 23.8 Å². The zero-order valence-corrected chi connectivity index (χ0v) is 12.6. The minimum absolute atomic E-state index is 0.0668. The number of rotatable bonds is 5. The van der Waals surface area contributed by atoms with Crippen molar-refractivity contribution < 1.29 is 5.11 Å². The van der Waals surface area contributed by atoms with Crippen LogP contribution in [0.25, 0.3) is 0 Å². The first-order valence-corrected chi connectivity index (χ1v) is 7.71. The second kappa shape index (κ2) is 6.95. The molecule has 0 radical (unpaired) electrons. The van der Waals surface area contributed by atoms with Crippen LogP contribution in [0.4, 0.5) is 5.69 Å². The first kappa shape index (κ1) is 15.1. The van der Waals surface area contributed by atoms with Crippen molar-refractivity contribution in [3.8, 4) is 5.75 Å². The largest absolute Gasteiger partial charge is 0.508 e. The molecule has 1 aliphatic heterocycles. The van der Waals surface area contributed by atoms with Gasteiger partial charge in [-0.25, -0.2) is 0 Å². The van der Waals surface area contributed by atoms with Crippen molar-refractivity contribution in [2.24, 2.45) is 11.7 Å². The minimum Gasteiger partial charge on any atom is -0.508 e. The van der Waals surface area contributed by atoms with Crippen molar-refractivity contribution in [2.75, 3.05) is 31.1 Å². The van der Waals surface area contributed by atoms with E-state index in [9.17, 15) is 5.11 Å². The number of nitrogens with two attached hydrogens (primary N) is 1. The molecule has 1 aromatic rings. The maximum Gasteiger partial charge on any atom is 0.122 e. The normalized spacial score (nSPS) is 17.9. The first-order valence-electron chi connectivity index (χ1n) is 7.71. The fraction of sp³-hybridized carbons (Fsp3) is 0.625. The molecule has 1 fully saturated rings. The van der Waals surface area contributed by atoms with E-state index in [1.54, 1.807) is 0 Å². The molecular weight excluding hydrogens is 250 g/mol. The highest BCUT2D eigenvalue weighted by molar-refractivity contribution is 5.54. The Kier molecular flexibility index (Phi) is 5.26. The molecule has 4 heteroatoms. The zero-order chi connectivity index (χ0) is 14.5. The van der Waals surface area contributed by atoms with Gasteiger partial charge in [0, 0.05) is 36.4 Å². The smallest absolute Gasteiger partial charge is 0.122 e. The maximum atomic E-state index is 10.3. The van der Waals surface area contributed by atoms with Crippen LogP contribution in [0.1, 0.15) is 38.3 Å². The van der Waals surface area contributed by atoms with Gasteiger partial charge >= 0.3 is 0 Å². The van der Waals surface area contributed by atoms with Gasteiger partial charge in [-0.2, -0.15) is 0 Å². The Balaban J connectivity index is 2.16. The third-order valence-electron chi connectivity index (χ3n) is 4.39. The Morgan fingerprint density at radius 2 is 1.95 bits per heavy atom. The summed E-state index contributed by atoms with van der Waals surface area (Å²) >= 11 is 0. The van der Waals surface area contributed by atoms with Gasteiger partial charge in [0.05, 0.1) is 0 Å². The van der Waals surface area contributed by atoms with E-state index in [4.69, 9.17) is 5.73 Å². The number of phenols is 1. The third-order valence-corrected chi connectivity index (χ3v) is 4.39. The Morgan fingerprint density at radius 1 is 1.30 bits per heavy atom. The number of nitrogens with zero attached hydrogens (tertiary/aromatic N) is 1. The van der Waals surface area contributed by atoms with E-state index in [-0.39, 0.29) is 6.04 Å². The van der Waals surface area contributed by atoms with Gasteiger partial charge in [0.25, 0.3) is 0 Å². The van der Waals surface area contributed by atoms with Crippen molar-refractivity contribution in [1.82, 2.24) is 5.32 Å². The van der Waals surface area contributed by atoms with Gasteiger partial charge in [0.1, 0.15) is 5.75 Å². The lowest BCUT2D eigenvalue weighted by Gasteiger charge is -2.29. The van der Waals surface area contributed by atoms with Gasteiger partial charge in [-0.1, -0.05) is 6.07 Å². The van der Waals surface area contributed by atoms with Crippen molar-refractivity contribution in [3.63, 3.8) is 0 Å². The quantitative estimate of drug-likeness (QED) is 0.772. The standard InChI is InChI=1S/C16H27N3O/c1-3-19(4-2)13-5-6-14(15(20)11-13)16(17)12-7-9-18-10-8-12/h5-6,11-12,16,18,20H,3-4,7-10,17H2,1-2H3/t16-/m1/s1. The predicted molar refractivity (Wildman–Crippen MR) is 84.2 cm³/mol. The summed E-state index contributed by atoms with van der Waals surface area (Å²) in [7, 11) is 0. The molecule has 0 aliphatic carbocycles. The zero-order valence-electron chi connectivity index (χ0n) is 12.6. The lowest BCUT2D eigenvalue weighted by atomic mass is 9.86. The Bertz CT molecular complexity index is 426. The van der Waals surface area contributed by atoms with Crippen molar-refractivity contribution in [2.45, 2.75) is 32.7 Å². The lowest BCUT2D eigenvalue weighted by Crippen LogP contribution is -2.33. The van der Waals surface area contributed by atoms with E-state index < -0.39 is 0 Å². The van der Waals surface area contributed by atoms with Gasteiger partial charge in [-0.15, -0.1) is 0 Å². The van der Waals surface area contributed by atoms with Crippen LogP contribution in [0, 0.1) is 5.92 Å². The maximum absolute atomic E-state index is 10.3. The summed E-state index contributed by atoms with van der Waals surface area (Å²) < 4.78 is 0. The van der Waals surface area contributed by atoms with E-state index in [0.29, 0.717) is 11.7 Å². The molecule has 1 aliphatic rings. The van der Waals surface area contributed by atoms with Crippen LogP contribution in [0.2, 0.25) is 0 Å². The van der Waals surface area contributed by atoms with E-state index in [1.807, 2.05) is 12.1 Å². The van der Waals surface area contributed by atoms with Gasteiger partial charge in [-0.05, 0) is 51.8 Å². The Morgan fingerprint density at radius 3 is 2.50 bits per heavy atom. The van der Waals surface area contributed by atoms with Gasteiger partial charge in [-0.3, -0.25) is 0 Å². The predicted octanol–water partition coefficient (Wildman–Crippen LogP) is 2.24. The molecule has 20 heavy (non-hydrogen) atoms. The second-order valence-electron chi connectivity index (χ2n) is 5.53. The minimum atomic E-state index is -0.0668. The van der Waals surface area contributed by atoms with Crippen LogP contribution < -0.4 is 16.0 Å². The highest BCUT2D eigenvalue weighted by Gasteiger charge is 2.24. The molecule has 2 rings (SSSR count). The number of hydrogen-bond acceptors (Lipinski definition) is 4. The number of piperidine rings is 1. The molecule has 4 N–H and O–H groups in total. The molecule has 4 nitrogen and oxygen atoms in total. The molecule has 0 amide bonds. The van der Waals surface area contributed by atoms with E-state index in [2.05, 4.69) is 30.1 Å². The number of aromatic hydroxyl groups is 1. The van der Waals surface area contributed by atoms with E-state index in [1.165, 1.54) is 0 Å². The highest BCUT2D eigenvalue weighted by Crippen LogP contribution is 2.34. The average molecular weight is 277 g/mol. The summed E-state index contributed by atoms with van der Waals surface area (Å²) in [4.78, 5) is 2.22. The third kappa shape index (κ3) is 3.25. The van der Waals surface area contributed by atoms with Gasteiger partial charge in [0.15, 0.2) is 0 Å². The van der Waals surface area contributed by atoms with Gasteiger partial charge < -0.3 is 21.1 Å². The molecule has 0 spiro atoms. The van der Waals surface area contributed by atoms with Crippen LogP contribution in [-0.2, 0) is 0 Å². The lowest BCUT2D eigenvalue weighted by molar-refractivity contribution is 0.316. The fourth-order valence-corrected chi connectivity index (χ4v) is 3.06. The number of anilines is 1. The van der Waals surface area contributed by atoms with E-state index >= 15 is 0 Å². The van der Waals surface area contributed by atoms with Crippen molar-refractivity contribution in [1.29, 1.82) is 0 Å². The SMILES string of the molecule is CCN(CC)c1ccc([C@H](N)C2CCNCC2)c(O)c1. The van der Waals surface area contributed by atoms with Crippen LogP contribution in [-0.4, -0.2) is 31.3 Å². The monoisotopic (exact) mass is 277 g/mol. The summed E-state index contributed by atoms with van der Waals surface area (Å²) in [6, 6.07) is 5.85. The molecular formula is C16H27N3O. The Labute approximate surface area is 122 Å². The number of hydrogen-bond donors (Lipinski definition) is 3. The van der Waals surface area contributed by atoms with Crippen LogP contribution >= 0.6 is 0 Å². The molecule has 1 atom stereocenters. The first-order chi connectivity index (χ1) is 9.67. The summed E-state index contributed by atoms with van der Waals surface area (Å²) in [6.45, 7) is 8.17. The molecule has 112 valence electrons. The number of phenolic OH excluding ortho intramolecular Hbond substituents is 1. The highest BCUT2D eigenvalue weighted by atomic mass is 16.3. The van der Waals surface area contributed by atoms with Crippen LogP contribution in [0.5, 0.6) is 5.75 Å². The summed E-state index contributed by atoms with van der Waals surface area (Å²) in [5.74, 6) is 0.793. The fourth-order valence-electron chi connectivity index (χ4n) is 3.06. The molecule has 0 saturated carbocycles. The van der Waals surface area contributed by atoms with Crippen LogP contribution in [0.15, 0.2) is 18.2 Å². The molecule has 1 heterocycles. The topological polar surface area (TPSA) is 61.5 Å². The summed E-state index contributed by atoms with van der Waals surface area (Å²) in [5.41, 5.74) is 8.31. The summed E-state index contributed by atoms with van der Waals surface area (Å²) in [5, 5.41) is 13.7. The Hall–Kier alpha value is -1.26. The summed E-state index contributed by atoms with van der Waals surface area (Å²) in [6.07, 6.45) is 2.16. The van der Waals surface area contributed by atoms with Crippen molar-refractivity contribution >= 4 is 5.69 Å². The average Bonchev–Trinajstić information content (AvgIpc) is 2.49. The van der Waals surface area contributed by atoms with Crippen LogP contribution in [0.3, 0.4) is 0 Å². The molecule has 1 saturated heterocycles. The number of benzene rings is 1.